The highest BCUT2D eigenvalue weighted by atomic mass is 79.9. The van der Waals surface area contributed by atoms with Crippen molar-refractivity contribution in [1.82, 2.24) is 16.2 Å². The summed E-state index contributed by atoms with van der Waals surface area (Å²) < 4.78 is 1.11. The van der Waals surface area contributed by atoms with Gasteiger partial charge in [0.05, 0.1) is 0 Å². The van der Waals surface area contributed by atoms with Gasteiger partial charge in [-0.05, 0) is 43.4 Å². The molecule has 2 aliphatic rings. The number of carbonyl (C=O) groups is 1. The monoisotopic (exact) mass is 394 g/mol. The molecule has 1 amide bonds. The van der Waals surface area contributed by atoms with E-state index < -0.39 is 0 Å². The van der Waals surface area contributed by atoms with E-state index in [1.807, 2.05) is 6.07 Å². The standard InChI is InChI=1S/C18H27BrN4O/c1-2-4-15-10-17(22-21-15)18(24)20-11-13-7-8-23(12-13)16-6-3-5-14(19)9-16/h3,5-6,9,13,15,17,21-22H,2,4,7-8,10-12H2,1H3,(H,20,24). The number of amides is 1. The predicted octanol–water partition coefficient (Wildman–Crippen LogP) is 2.43. The van der Waals surface area contributed by atoms with Crippen molar-refractivity contribution in [3.05, 3.63) is 28.7 Å². The van der Waals surface area contributed by atoms with Crippen molar-refractivity contribution in [3.8, 4) is 0 Å². The Morgan fingerprint density at radius 1 is 1.42 bits per heavy atom. The topological polar surface area (TPSA) is 56.4 Å². The first kappa shape index (κ1) is 17.7. The number of nitrogens with one attached hydrogen (secondary N) is 3. The van der Waals surface area contributed by atoms with Crippen LogP contribution in [0.2, 0.25) is 0 Å². The van der Waals surface area contributed by atoms with E-state index in [0.717, 1.165) is 49.8 Å². The van der Waals surface area contributed by atoms with Gasteiger partial charge >= 0.3 is 0 Å². The number of anilines is 1. The van der Waals surface area contributed by atoms with E-state index in [4.69, 9.17) is 0 Å². The number of halogens is 1. The van der Waals surface area contributed by atoms with Gasteiger partial charge in [-0.15, -0.1) is 0 Å². The lowest BCUT2D eigenvalue weighted by Crippen LogP contribution is -2.44. The molecule has 3 atom stereocenters. The minimum atomic E-state index is -0.0934. The van der Waals surface area contributed by atoms with Gasteiger partial charge in [-0.25, -0.2) is 5.43 Å². The molecule has 6 heteroatoms. The van der Waals surface area contributed by atoms with Gasteiger partial charge in [-0.3, -0.25) is 10.2 Å². The van der Waals surface area contributed by atoms with Gasteiger partial charge in [0.2, 0.25) is 5.91 Å². The summed E-state index contributed by atoms with van der Waals surface area (Å²) in [5, 5.41) is 3.14. The van der Waals surface area contributed by atoms with Crippen LogP contribution in [0.1, 0.15) is 32.6 Å². The summed E-state index contributed by atoms with van der Waals surface area (Å²) in [6, 6.07) is 8.75. The van der Waals surface area contributed by atoms with Crippen molar-refractivity contribution in [2.45, 2.75) is 44.7 Å². The van der Waals surface area contributed by atoms with Gasteiger partial charge in [0, 0.05) is 35.8 Å². The fourth-order valence-electron chi connectivity index (χ4n) is 3.61. The zero-order chi connectivity index (χ0) is 16.9. The molecule has 0 radical (unpaired) electrons. The maximum atomic E-state index is 12.3. The lowest BCUT2D eigenvalue weighted by atomic mass is 10.1. The second kappa shape index (κ2) is 8.32. The van der Waals surface area contributed by atoms with Crippen molar-refractivity contribution >= 4 is 27.5 Å². The molecular weight excluding hydrogens is 368 g/mol. The molecule has 0 aromatic heterocycles. The van der Waals surface area contributed by atoms with E-state index in [-0.39, 0.29) is 11.9 Å². The van der Waals surface area contributed by atoms with Crippen LogP contribution in [0.15, 0.2) is 28.7 Å². The van der Waals surface area contributed by atoms with Crippen LogP contribution < -0.4 is 21.1 Å². The molecule has 132 valence electrons. The van der Waals surface area contributed by atoms with Crippen molar-refractivity contribution < 1.29 is 4.79 Å². The number of hydrogen-bond acceptors (Lipinski definition) is 4. The Bertz CT molecular complexity index is 568. The molecule has 0 aliphatic carbocycles. The zero-order valence-corrected chi connectivity index (χ0v) is 15.8. The van der Waals surface area contributed by atoms with E-state index in [2.05, 4.69) is 62.1 Å². The highest BCUT2D eigenvalue weighted by Crippen LogP contribution is 2.26. The SMILES string of the molecule is CCCC1CC(C(=O)NCC2CCN(c3cccc(Br)c3)C2)NN1. The van der Waals surface area contributed by atoms with Crippen LogP contribution in [0.3, 0.4) is 0 Å². The molecule has 24 heavy (non-hydrogen) atoms. The number of carbonyl (C=O) groups excluding carboxylic acids is 1. The number of rotatable bonds is 6. The summed E-state index contributed by atoms with van der Waals surface area (Å²) in [5.74, 6) is 0.649. The summed E-state index contributed by atoms with van der Waals surface area (Å²) in [4.78, 5) is 14.7. The van der Waals surface area contributed by atoms with Crippen molar-refractivity contribution in [2.75, 3.05) is 24.5 Å². The fourth-order valence-corrected chi connectivity index (χ4v) is 3.99. The molecule has 5 nitrogen and oxygen atoms in total. The molecule has 2 heterocycles. The highest BCUT2D eigenvalue weighted by molar-refractivity contribution is 9.10. The van der Waals surface area contributed by atoms with E-state index in [1.165, 1.54) is 5.69 Å². The number of hydrogen-bond donors (Lipinski definition) is 3. The lowest BCUT2D eigenvalue weighted by molar-refractivity contribution is -0.123. The molecule has 1 aromatic carbocycles. The Morgan fingerprint density at radius 2 is 2.29 bits per heavy atom. The Balaban J connectivity index is 1.42. The van der Waals surface area contributed by atoms with Gasteiger partial charge in [0.15, 0.2) is 0 Å². The van der Waals surface area contributed by atoms with Crippen molar-refractivity contribution in [2.24, 2.45) is 5.92 Å². The van der Waals surface area contributed by atoms with Gasteiger partial charge in [0.1, 0.15) is 6.04 Å². The van der Waals surface area contributed by atoms with Crippen LogP contribution in [0.25, 0.3) is 0 Å². The Morgan fingerprint density at radius 3 is 3.08 bits per heavy atom. The quantitative estimate of drug-likeness (QED) is 0.693. The van der Waals surface area contributed by atoms with Crippen molar-refractivity contribution in [1.29, 1.82) is 0 Å². The summed E-state index contributed by atoms with van der Waals surface area (Å²) >= 11 is 3.53. The van der Waals surface area contributed by atoms with Gasteiger partial charge in [-0.1, -0.05) is 35.3 Å². The molecule has 3 rings (SSSR count). The molecule has 0 bridgehead atoms. The van der Waals surface area contributed by atoms with E-state index >= 15 is 0 Å². The molecule has 1 aromatic rings. The highest BCUT2D eigenvalue weighted by Gasteiger charge is 2.29. The van der Waals surface area contributed by atoms with Crippen LogP contribution in [-0.2, 0) is 4.79 Å². The second-order valence-corrected chi connectivity index (χ2v) is 7.80. The van der Waals surface area contributed by atoms with E-state index in [9.17, 15) is 4.79 Å². The van der Waals surface area contributed by atoms with Crippen LogP contribution >= 0.6 is 15.9 Å². The molecular formula is C18H27BrN4O. The molecule has 3 unspecified atom stereocenters. The summed E-state index contributed by atoms with van der Waals surface area (Å²) in [6.07, 6.45) is 4.26. The summed E-state index contributed by atoms with van der Waals surface area (Å²) in [7, 11) is 0. The van der Waals surface area contributed by atoms with Crippen molar-refractivity contribution in [3.63, 3.8) is 0 Å². The number of benzene rings is 1. The van der Waals surface area contributed by atoms with Gasteiger partial charge in [0.25, 0.3) is 0 Å². The zero-order valence-electron chi connectivity index (χ0n) is 14.2. The molecule has 2 aliphatic heterocycles. The lowest BCUT2D eigenvalue weighted by Gasteiger charge is -2.19. The third-order valence-corrected chi connectivity index (χ3v) is 5.45. The fraction of sp³-hybridized carbons (Fsp3) is 0.611. The minimum Gasteiger partial charge on any atom is -0.371 e. The van der Waals surface area contributed by atoms with Gasteiger partial charge in [-0.2, -0.15) is 0 Å². The third kappa shape index (κ3) is 4.49. The van der Waals surface area contributed by atoms with Crippen LogP contribution in [0, 0.1) is 5.92 Å². The predicted molar refractivity (Wildman–Crippen MR) is 101 cm³/mol. The average Bonchev–Trinajstić information content (AvgIpc) is 3.22. The first-order chi connectivity index (χ1) is 11.7. The maximum absolute atomic E-state index is 12.3. The molecule has 2 saturated heterocycles. The first-order valence-corrected chi connectivity index (χ1v) is 9.74. The van der Waals surface area contributed by atoms with E-state index in [0.29, 0.717) is 12.0 Å². The largest absolute Gasteiger partial charge is 0.371 e. The van der Waals surface area contributed by atoms with Crippen LogP contribution in [-0.4, -0.2) is 37.6 Å². The Kier molecular flexibility index (Phi) is 6.14. The molecule has 0 spiro atoms. The molecule has 0 saturated carbocycles. The molecule has 2 fully saturated rings. The number of hydrazine groups is 1. The van der Waals surface area contributed by atoms with Crippen LogP contribution in [0.5, 0.6) is 0 Å². The normalized spacial score (nSPS) is 26.8. The Hall–Kier alpha value is -1.11. The maximum Gasteiger partial charge on any atom is 0.238 e. The van der Waals surface area contributed by atoms with E-state index in [1.54, 1.807) is 0 Å². The van der Waals surface area contributed by atoms with Crippen LogP contribution in [0.4, 0.5) is 5.69 Å². The number of nitrogens with zero attached hydrogens (tertiary/aromatic N) is 1. The average molecular weight is 395 g/mol. The summed E-state index contributed by atoms with van der Waals surface area (Å²) in [6.45, 7) is 5.00. The third-order valence-electron chi connectivity index (χ3n) is 4.96. The smallest absolute Gasteiger partial charge is 0.238 e. The second-order valence-electron chi connectivity index (χ2n) is 6.89. The minimum absolute atomic E-state index is 0.0934. The molecule has 3 N–H and O–H groups in total. The summed E-state index contributed by atoms with van der Waals surface area (Å²) in [5.41, 5.74) is 7.61. The first-order valence-electron chi connectivity index (χ1n) is 8.95. The van der Waals surface area contributed by atoms with Gasteiger partial charge < -0.3 is 10.2 Å². The Labute approximate surface area is 152 Å².